The molecule has 5 atom stereocenters. The summed E-state index contributed by atoms with van der Waals surface area (Å²) in [7, 11) is -2.23. The molecule has 0 bridgehead atoms. The second-order valence-corrected chi connectivity index (χ2v) is 23.9. The van der Waals surface area contributed by atoms with Crippen molar-refractivity contribution in [2.45, 2.75) is 96.5 Å². The van der Waals surface area contributed by atoms with E-state index in [-0.39, 0.29) is 65.5 Å². The molecular weight excluding hydrogens is 1040 g/mol. The summed E-state index contributed by atoms with van der Waals surface area (Å²) in [6.45, 7) is 11.4. The number of aliphatic hydroxyl groups excluding tert-OH is 1. The molecule has 2 amide bonds. The number of rotatable bonds is 18. The van der Waals surface area contributed by atoms with Crippen LogP contribution < -0.4 is 31.3 Å². The SMILES string of the molecule is CCN1NC([C@@H]2C[C@@H](O)CN2C(=O)[C@@H](c2cc(OCCCCCNC(=O)C3=C(CS(C)(=O)=O)c4ccn(C)c(=O)c4C4=C5C3=CN(c3ncc(F)cc3F)C5CCN4)no2)C(C)C)=N[C@@]1(C)c1ccc(-c2scnc2C)cc1. The molecule has 4 N–H and O–H groups in total. The number of amides is 2. The lowest BCUT2D eigenvalue weighted by atomic mass is 9.89. The molecule has 0 spiro atoms. The number of likely N-dealkylation sites (tertiary alicyclic amines) is 1. The Morgan fingerprint density at radius 2 is 1.87 bits per heavy atom. The van der Waals surface area contributed by atoms with Gasteiger partial charge in [-0.15, -0.1) is 11.3 Å². The van der Waals surface area contributed by atoms with Crippen molar-refractivity contribution in [3.8, 4) is 16.3 Å². The topological polar surface area (TPSA) is 230 Å². The Morgan fingerprint density at radius 3 is 2.58 bits per heavy atom. The number of hydrogen-bond donors (Lipinski definition) is 4. The van der Waals surface area contributed by atoms with Crippen molar-refractivity contribution < 1.29 is 41.2 Å². The van der Waals surface area contributed by atoms with Crippen LogP contribution in [0.25, 0.3) is 21.7 Å². The van der Waals surface area contributed by atoms with Gasteiger partial charge in [-0.05, 0) is 78.9 Å². The van der Waals surface area contributed by atoms with E-state index < -0.39 is 68.5 Å². The maximum atomic E-state index is 15.4. The first-order chi connectivity index (χ1) is 37.3. The van der Waals surface area contributed by atoms with Gasteiger partial charge in [0, 0.05) is 81.6 Å². The highest BCUT2D eigenvalue weighted by Crippen LogP contribution is 2.48. The minimum Gasteiger partial charge on any atom is -0.476 e. The van der Waals surface area contributed by atoms with Gasteiger partial charge in [-0.1, -0.05) is 45.0 Å². The van der Waals surface area contributed by atoms with Crippen LogP contribution >= 0.6 is 11.3 Å². The van der Waals surface area contributed by atoms with Gasteiger partial charge in [-0.3, -0.25) is 14.4 Å². The summed E-state index contributed by atoms with van der Waals surface area (Å²) in [5.41, 5.74) is 8.96. The molecule has 1 aliphatic carbocycles. The van der Waals surface area contributed by atoms with Crippen LogP contribution in [0.5, 0.6) is 5.88 Å². The number of aromatic nitrogens is 4. The van der Waals surface area contributed by atoms with Crippen molar-refractivity contribution in [3.63, 3.8) is 0 Å². The van der Waals surface area contributed by atoms with Crippen molar-refractivity contribution in [1.82, 2.24) is 45.7 Å². The minimum absolute atomic E-state index is 0.0220. The number of hydrazine groups is 1. The molecular formula is C55H63F2N11O8S2. The van der Waals surface area contributed by atoms with Crippen molar-refractivity contribution in [2.75, 3.05) is 49.7 Å². The van der Waals surface area contributed by atoms with E-state index in [4.69, 9.17) is 14.3 Å². The van der Waals surface area contributed by atoms with Crippen LogP contribution in [0.4, 0.5) is 14.6 Å². The monoisotopic (exact) mass is 1110 g/mol. The van der Waals surface area contributed by atoms with Crippen molar-refractivity contribution in [2.24, 2.45) is 18.0 Å². The Bertz CT molecular complexity index is 3480. The molecule has 0 radical (unpaired) electrons. The third-order valence-electron chi connectivity index (χ3n) is 15.1. The van der Waals surface area contributed by atoms with Crippen LogP contribution in [0.15, 0.2) is 97.6 Å². The molecule has 78 heavy (non-hydrogen) atoms. The van der Waals surface area contributed by atoms with Crippen LogP contribution in [0.2, 0.25) is 0 Å². The van der Waals surface area contributed by atoms with Crippen LogP contribution in [0, 0.1) is 24.5 Å². The summed E-state index contributed by atoms with van der Waals surface area (Å²) in [6.07, 6.45) is 6.60. The van der Waals surface area contributed by atoms with Crippen molar-refractivity contribution in [3.05, 3.63) is 133 Å². The first kappa shape index (κ1) is 54.3. The number of ether oxygens (including phenoxy) is 1. The Morgan fingerprint density at radius 1 is 1.09 bits per heavy atom. The van der Waals surface area contributed by atoms with Crippen LogP contribution in [-0.2, 0) is 32.1 Å². The Hall–Kier alpha value is -7.08. The number of amidine groups is 1. The Balaban J connectivity index is 0.799. The summed E-state index contributed by atoms with van der Waals surface area (Å²) in [6, 6.07) is 11.1. The average Bonchev–Trinajstić information content (AvgIpc) is 4.45. The van der Waals surface area contributed by atoms with Crippen LogP contribution in [0.3, 0.4) is 0 Å². The van der Waals surface area contributed by atoms with E-state index in [0.29, 0.717) is 73.6 Å². The molecule has 19 nitrogen and oxygen atoms in total. The smallest absolute Gasteiger partial charge is 0.260 e. The lowest BCUT2D eigenvalue weighted by Crippen LogP contribution is -2.51. The quantitative estimate of drug-likeness (QED) is 0.0744. The van der Waals surface area contributed by atoms with Gasteiger partial charge >= 0.3 is 0 Å². The van der Waals surface area contributed by atoms with Gasteiger partial charge in [0.2, 0.25) is 5.91 Å². The van der Waals surface area contributed by atoms with E-state index >= 15 is 4.39 Å². The number of nitrogens with one attached hydrogen (secondary N) is 3. The fourth-order valence-corrected chi connectivity index (χ4v) is 13.0. The zero-order valence-electron chi connectivity index (χ0n) is 44.5. The number of sulfone groups is 1. The van der Waals surface area contributed by atoms with E-state index in [1.165, 1.54) is 21.9 Å². The zero-order valence-corrected chi connectivity index (χ0v) is 46.1. The maximum Gasteiger partial charge on any atom is 0.260 e. The van der Waals surface area contributed by atoms with Crippen molar-refractivity contribution in [1.29, 1.82) is 0 Å². The van der Waals surface area contributed by atoms with Gasteiger partial charge in [0.25, 0.3) is 17.3 Å². The molecule has 5 aromatic rings. The standard InChI is InChI=1S/C55H63F2N11O8S2/c1-8-68-55(5,33-14-12-32(13-15-33)49-31(4)61-29-77-49)62-50(63-68)41-23-35(69)26-67(41)54(72)44(30(2)3)42-24-43(64-76-42)75-21-11-9-10-18-59-52(70)45-37-27-66(51-39(57)22-34(56)25-60-51)40-16-19-58-48(46(37)40)47-36(17-20-65(6)53(47)71)38(45)28-78(7,73)74/h12-15,17,20,22,24-25,27,29-30,35,40-41,44,58,69H,8-11,16,18-19,21,23,26,28H2,1-7H3,(H,59,70)(H,62,63)/t35-,40?,41+,44-,55-/m1/s1. The van der Waals surface area contributed by atoms with Crippen molar-refractivity contribution >= 4 is 55.9 Å². The molecule has 1 aromatic carbocycles. The van der Waals surface area contributed by atoms with Crippen LogP contribution in [-0.4, -0.2) is 124 Å². The minimum atomic E-state index is -3.81. The number of aryl methyl sites for hydroxylation is 2. The molecule has 23 heteroatoms. The number of β-amino-alcohol motifs (C(OH)–C–C–N with tert-alkyl or cyclic N) is 1. The fourth-order valence-electron chi connectivity index (χ4n) is 11.4. The number of nitrogens with zero attached hydrogens (tertiary/aromatic N) is 8. The first-order valence-electron chi connectivity index (χ1n) is 26.2. The predicted molar refractivity (Wildman–Crippen MR) is 292 cm³/mol. The number of hydrogen-bond acceptors (Lipinski definition) is 17. The predicted octanol–water partition coefficient (Wildman–Crippen LogP) is 5.95. The number of fused-ring (bicyclic) bond motifs is 2. The third-order valence-corrected chi connectivity index (χ3v) is 16.9. The number of aliphatic hydroxyl groups is 1. The average molecular weight is 1110 g/mol. The van der Waals surface area contributed by atoms with Gasteiger partial charge in [0.05, 0.1) is 69.7 Å². The van der Waals surface area contributed by atoms with Gasteiger partial charge in [-0.25, -0.2) is 32.2 Å². The van der Waals surface area contributed by atoms with Gasteiger partial charge in [0.15, 0.2) is 32.9 Å². The summed E-state index contributed by atoms with van der Waals surface area (Å²) >= 11 is 1.60. The molecule has 1 unspecified atom stereocenters. The molecule has 8 heterocycles. The molecule has 412 valence electrons. The highest BCUT2D eigenvalue weighted by atomic mass is 32.2. The molecule has 1 saturated heterocycles. The van der Waals surface area contributed by atoms with E-state index in [1.807, 2.05) is 45.1 Å². The van der Waals surface area contributed by atoms with E-state index in [1.54, 1.807) is 35.4 Å². The second kappa shape index (κ2) is 21.6. The fraction of sp³-hybridized carbons (Fsp3) is 0.436. The van der Waals surface area contributed by atoms with E-state index in [0.717, 1.165) is 40.2 Å². The number of benzene rings is 1. The summed E-state index contributed by atoms with van der Waals surface area (Å²) < 4.78 is 69.0. The van der Waals surface area contributed by atoms with E-state index in [9.17, 15) is 32.3 Å². The molecule has 5 aliphatic rings. The van der Waals surface area contributed by atoms with Crippen LogP contribution in [0.1, 0.15) is 93.9 Å². The highest BCUT2D eigenvalue weighted by molar-refractivity contribution is 7.91. The van der Waals surface area contributed by atoms with Gasteiger partial charge in [0.1, 0.15) is 17.6 Å². The number of halogens is 2. The molecule has 10 rings (SSSR count). The number of carbonyl (C=O) groups excluding carboxylic acids is 2. The largest absolute Gasteiger partial charge is 0.476 e. The lowest BCUT2D eigenvalue weighted by Gasteiger charge is -2.32. The number of unbranched alkanes of at least 4 members (excludes halogenated alkanes) is 2. The summed E-state index contributed by atoms with van der Waals surface area (Å²) in [5, 5.41) is 23.5. The highest BCUT2D eigenvalue weighted by Gasteiger charge is 2.48. The Labute approximate surface area is 454 Å². The van der Waals surface area contributed by atoms with Gasteiger partial charge in [-0.2, -0.15) is 5.01 Å². The maximum absolute atomic E-state index is 15.4. The lowest BCUT2D eigenvalue weighted by molar-refractivity contribution is -0.134. The number of aliphatic imine (C=N–C) groups is 1. The summed E-state index contributed by atoms with van der Waals surface area (Å²) in [4.78, 5) is 61.2. The first-order valence-corrected chi connectivity index (χ1v) is 29.1. The molecule has 0 saturated carbocycles. The third kappa shape index (κ3) is 10.3. The summed E-state index contributed by atoms with van der Waals surface area (Å²) in [5.74, 6) is -3.20. The number of pyridine rings is 2. The number of carbonyl (C=O) groups is 2. The zero-order chi connectivity index (χ0) is 55.4. The normalized spacial score (nSPS) is 21.5. The number of anilines is 1. The van der Waals surface area contributed by atoms with Gasteiger partial charge < -0.3 is 44.8 Å². The number of thiazole rings is 1. The second-order valence-electron chi connectivity index (χ2n) is 20.9. The molecule has 4 aliphatic heterocycles. The Kier molecular flexibility index (Phi) is 15.1. The van der Waals surface area contributed by atoms with E-state index in [2.05, 4.69) is 55.4 Å². The molecule has 1 fully saturated rings. The molecule has 4 aromatic heterocycles.